The highest BCUT2D eigenvalue weighted by Gasteiger charge is 2.46. The summed E-state index contributed by atoms with van der Waals surface area (Å²) in [6, 6.07) is 0. The van der Waals surface area contributed by atoms with E-state index in [2.05, 4.69) is 25.2 Å². The molecule has 0 aromatic rings. The molecule has 5 atom stereocenters. The van der Waals surface area contributed by atoms with Gasteiger partial charge in [-0.25, -0.2) is 0 Å². The van der Waals surface area contributed by atoms with E-state index in [9.17, 15) is 9.90 Å². The molecule has 2 N–H and O–H groups in total. The minimum Gasteiger partial charge on any atom is -0.481 e. The smallest absolute Gasteiger partial charge is 0.303 e. The number of unbranched alkanes of at least 4 members (excludes halogenated alkanes) is 3. The van der Waals surface area contributed by atoms with Crippen molar-refractivity contribution in [3.8, 4) is 0 Å². The maximum atomic E-state index is 10.5. The molecule has 2 aliphatic heterocycles. The van der Waals surface area contributed by atoms with Crippen LogP contribution in [0.3, 0.4) is 0 Å². The summed E-state index contributed by atoms with van der Waals surface area (Å²) in [6.07, 6.45) is 18.1. The van der Waals surface area contributed by atoms with Crippen molar-refractivity contribution in [2.24, 2.45) is 11.8 Å². The first-order valence-electron chi connectivity index (χ1n) is 10.0. The first-order chi connectivity index (χ1) is 12.1. The van der Waals surface area contributed by atoms with Crippen LogP contribution in [0.5, 0.6) is 0 Å². The molecule has 2 heterocycles. The molecule has 0 amide bonds. The summed E-state index contributed by atoms with van der Waals surface area (Å²) in [7, 11) is 0. The molecule has 4 nitrogen and oxygen atoms in total. The molecule has 0 saturated carbocycles. The Morgan fingerprint density at radius 2 is 2.00 bits per heavy atom. The Kier molecular flexibility index (Phi) is 8.70. The minimum absolute atomic E-state index is 0.239. The normalized spacial score (nSPS) is 29.8. The zero-order valence-corrected chi connectivity index (χ0v) is 15.5. The van der Waals surface area contributed by atoms with Crippen LogP contribution in [0.25, 0.3) is 0 Å². The Labute approximate surface area is 152 Å². The molecule has 2 saturated heterocycles. The second-order valence-corrected chi connectivity index (χ2v) is 7.47. The van der Waals surface area contributed by atoms with Gasteiger partial charge in [0.25, 0.3) is 0 Å². The monoisotopic (exact) mass is 350 g/mol. The average molecular weight is 350 g/mol. The van der Waals surface area contributed by atoms with Crippen LogP contribution in [-0.2, 0) is 9.53 Å². The number of hydrogen-bond donors (Lipinski definition) is 2. The van der Waals surface area contributed by atoms with E-state index in [4.69, 9.17) is 9.84 Å². The summed E-state index contributed by atoms with van der Waals surface area (Å²) in [5, 5.41) is 18.8. The summed E-state index contributed by atoms with van der Waals surface area (Å²) < 4.78 is 6.09. The third-order valence-corrected chi connectivity index (χ3v) is 5.48. The topological polar surface area (TPSA) is 66.8 Å². The van der Waals surface area contributed by atoms with Gasteiger partial charge in [-0.05, 0) is 44.4 Å². The fraction of sp³-hybridized carbons (Fsp3) is 0.762. The lowest BCUT2D eigenvalue weighted by molar-refractivity contribution is -0.137. The second kappa shape index (κ2) is 10.8. The summed E-state index contributed by atoms with van der Waals surface area (Å²) in [4.78, 5) is 10.5. The zero-order valence-electron chi connectivity index (χ0n) is 15.5. The summed E-state index contributed by atoms with van der Waals surface area (Å²) >= 11 is 0. The fourth-order valence-corrected chi connectivity index (χ4v) is 4.09. The second-order valence-electron chi connectivity index (χ2n) is 7.47. The van der Waals surface area contributed by atoms with Gasteiger partial charge in [-0.2, -0.15) is 0 Å². The molecule has 0 aromatic heterocycles. The van der Waals surface area contributed by atoms with Crippen molar-refractivity contribution < 1.29 is 19.7 Å². The van der Waals surface area contributed by atoms with Crippen molar-refractivity contribution >= 4 is 5.97 Å². The Morgan fingerprint density at radius 1 is 1.20 bits per heavy atom. The number of carboxylic acid groups (broad SMARTS) is 1. The van der Waals surface area contributed by atoms with Gasteiger partial charge in [-0.1, -0.05) is 50.5 Å². The molecule has 0 spiro atoms. The number of aliphatic hydroxyl groups is 1. The molecular formula is C21H34O4. The molecule has 0 aromatic carbocycles. The number of aliphatic hydroxyl groups excluding tert-OH is 1. The highest BCUT2D eigenvalue weighted by Crippen LogP contribution is 2.45. The summed E-state index contributed by atoms with van der Waals surface area (Å²) in [5.74, 6) is 0.175. The number of rotatable bonds is 12. The molecule has 0 unspecified atom stereocenters. The van der Waals surface area contributed by atoms with Gasteiger partial charge in [0.15, 0.2) is 0 Å². The van der Waals surface area contributed by atoms with E-state index in [1.54, 1.807) is 0 Å². The van der Waals surface area contributed by atoms with E-state index in [1.807, 2.05) is 6.08 Å². The van der Waals surface area contributed by atoms with Gasteiger partial charge in [0.05, 0.1) is 18.3 Å². The van der Waals surface area contributed by atoms with Crippen molar-refractivity contribution in [2.75, 3.05) is 0 Å². The number of carboxylic acids is 1. The fourth-order valence-electron chi connectivity index (χ4n) is 4.09. The summed E-state index contributed by atoms with van der Waals surface area (Å²) in [6.45, 7) is 2.18. The Balaban J connectivity index is 1.78. The van der Waals surface area contributed by atoms with E-state index in [-0.39, 0.29) is 12.5 Å². The van der Waals surface area contributed by atoms with Gasteiger partial charge in [-0.15, -0.1) is 0 Å². The third-order valence-electron chi connectivity index (χ3n) is 5.48. The van der Waals surface area contributed by atoms with Gasteiger partial charge in [-0.3, -0.25) is 4.79 Å². The molecule has 25 heavy (non-hydrogen) atoms. The van der Waals surface area contributed by atoms with Gasteiger partial charge >= 0.3 is 5.97 Å². The van der Waals surface area contributed by atoms with Crippen molar-refractivity contribution in [3.05, 3.63) is 24.3 Å². The lowest BCUT2D eigenvalue weighted by atomic mass is 9.77. The molecule has 2 aliphatic rings. The Hall–Kier alpha value is -1.13. The van der Waals surface area contributed by atoms with Crippen molar-refractivity contribution in [1.82, 2.24) is 0 Å². The summed E-state index contributed by atoms with van der Waals surface area (Å²) in [5.41, 5.74) is 0. The third kappa shape index (κ3) is 6.59. The lowest BCUT2D eigenvalue weighted by Crippen LogP contribution is -2.25. The highest BCUT2D eigenvalue weighted by atomic mass is 16.5. The molecular weight excluding hydrogens is 316 g/mol. The predicted octanol–water partition coefficient (Wildman–Crippen LogP) is 4.48. The van der Waals surface area contributed by atoms with Crippen LogP contribution in [0, 0.1) is 11.8 Å². The molecule has 2 bridgehead atoms. The number of carbonyl (C=O) groups is 1. The molecule has 4 heteroatoms. The van der Waals surface area contributed by atoms with Crippen molar-refractivity contribution in [3.63, 3.8) is 0 Å². The van der Waals surface area contributed by atoms with Crippen LogP contribution in [0.1, 0.15) is 71.1 Å². The standard InChI is InChI=1S/C21H34O4/c1-2-3-6-9-16(22)12-13-18-17(19-14-15-20(18)25-19)10-7-4-5-8-11-21(23)24/h4,7,12-13,16-20,22H,2-3,5-6,8-11,14-15H2,1H3,(H,23,24)/t16-,17+,18+,19-,20+/m0/s1. The SMILES string of the molecule is CCCCC[C@H](O)C=C[C@@H]1[C@@H](CC=CCCCC(=O)O)[C@@H]2CC[C@H]1O2. The molecule has 2 fully saturated rings. The minimum atomic E-state index is -0.724. The van der Waals surface area contributed by atoms with E-state index in [0.717, 1.165) is 38.5 Å². The zero-order chi connectivity index (χ0) is 18.1. The van der Waals surface area contributed by atoms with Crippen molar-refractivity contribution in [2.45, 2.75) is 89.4 Å². The maximum Gasteiger partial charge on any atom is 0.303 e. The van der Waals surface area contributed by atoms with Gasteiger partial charge < -0.3 is 14.9 Å². The maximum absolute atomic E-state index is 10.5. The molecule has 0 aliphatic carbocycles. The molecule has 142 valence electrons. The largest absolute Gasteiger partial charge is 0.481 e. The first kappa shape index (κ1) is 20.2. The van der Waals surface area contributed by atoms with Crippen LogP contribution in [0.2, 0.25) is 0 Å². The van der Waals surface area contributed by atoms with Crippen LogP contribution in [-0.4, -0.2) is 34.5 Å². The van der Waals surface area contributed by atoms with E-state index in [0.29, 0.717) is 30.5 Å². The van der Waals surface area contributed by atoms with E-state index >= 15 is 0 Å². The van der Waals surface area contributed by atoms with Crippen molar-refractivity contribution in [1.29, 1.82) is 0 Å². The van der Waals surface area contributed by atoms with Crippen LogP contribution < -0.4 is 0 Å². The number of aliphatic carboxylic acids is 1. The van der Waals surface area contributed by atoms with E-state index < -0.39 is 5.97 Å². The number of ether oxygens (including phenoxy) is 1. The first-order valence-corrected chi connectivity index (χ1v) is 10.0. The predicted molar refractivity (Wildman–Crippen MR) is 99.4 cm³/mol. The Morgan fingerprint density at radius 3 is 2.76 bits per heavy atom. The number of hydrogen-bond acceptors (Lipinski definition) is 3. The number of fused-ring (bicyclic) bond motifs is 2. The van der Waals surface area contributed by atoms with Crippen LogP contribution in [0.4, 0.5) is 0 Å². The van der Waals surface area contributed by atoms with Crippen LogP contribution in [0.15, 0.2) is 24.3 Å². The molecule has 0 radical (unpaired) electrons. The Bertz CT molecular complexity index is 457. The highest BCUT2D eigenvalue weighted by molar-refractivity contribution is 5.66. The van der Waals surface area contributed by atoms with Crippen LogP contribution >= 0.6 is 0 Å². The lowest BCUT2D eigenvalue weighted by Gasteiger charge is -2.25. The average Bonchev–Trinajstić information content (AvgIpc) is 3.17. The molecule has 2 rings (SSSR count). The number of allylic oxidation sites excluding steroid dienone is 2. The van der Waals surface area contributed by atoms with E-state index in [1.165, 1.54) is 12.8 Å². The van der Waals surface area contributed by atoms with Gasteiger partial charge in [0.1, 0.15) is 0 Å². The van der Waals surface area contributed by atoms with Gasteiger partial charge in [0.2, 0.25) is 0 Å². The quantitative estimate of drug-likeness (QED) is 0.402. The van der Waals surface area contributed by atoms with Gasteiger partial charge in [0, 0.05) is 12.3 Å².